The molecule has 0 unspecified atom stereocenters. The van der Waals surface area contributed by atoms with Crippen LogP contribution in [-0.4, -0.2) is 25.1 Å². The first-order valence-corrected chi connectivity index (χ1v) is 8.76. The first-order chi connectivity index (χ1) is 12.1. The number of rotatable bonds is 7. The van der Waals surface area contributed by atoms with Crippen molar-refractivity contribution in [2.24, 2.45) is 5.73 Å². The molecular weight excluding hydrogens is 351 g/mol. The average Bonchev–Trinajstić information content (AvgIpc) is 2.67. The summed E-state index contributed by atoms with van der Waals surface area (Å²) in [7, 11) is 1.52. The molecule has 144 valence electrons. The maximum atomic E-state index is 11.3. The smallest absolute Gasteiger partial charge is 0.870 e. The Balaban J connectivity index is 0. The molecule has 0 aliphatic rings. The molecule has 4 N–H and O–H groups in total. The molecule has 0 saturated heterocycles. The Hall–Kier alpha value is -1.21. The molecule has 27 heavy (non-hydrogen) atoms. The Morgan fingerprint density at radius 3 is 1.85 bits per heavy atom. The molecule has 2 aromatic rings. The molecule has 0 fully saturated rings. The number of ether oxygens (including phenoxy) is 1. The number of nitrogens with one attached hydrogen (secondary N) is 1. The van der Waals surface area contributed by atoms with Crippen LogP contribution in [0.2, 0.25) is 0 Å². The summed E-state index contributed by atoms with van der Waals surface area (Å²) in [6.45, 7) is 4.26. The van der Waals surface area contributed by atoms with E-state index in [1.54, 1.807) is 0 Å². The van der Waals surface area contributed by atoms with Gasteiger partial charge in [0, 0.05) is 13.2 Å². The van der Waals surface area contributed by atoms with Crippen molar-refractivity contribution in [2.75, 3.05) is 13.7 Å². The van der Waals surface area contributed by atoms with Gasteiger partial charge >= 0.3 is 29.6 Å². The summed E-state index contributed by atoms with van der Waals surface area (Å²) < 4.78 is 4.77. The van der Waals surface area contributed by atoms with Crippen LogP contribution in [0.4, 0.5) is 0 Å². The predicted octanol–water partition coefficient (Wildman–Crippen LogP) is 0.824. The molecule has 1 amide bonds. The van der Waals surface area contributed by atoms with E-state index < -0.39 is 0 Å². The van der Waals surface area contributed by atoms with Crippen LogP contribution in [0.5, 0.6) is 0 Å². The summed E-state index contributed by atoms with van der Waals surface area (Å²) >= 11 is 0. The first kappa shape index (κ1) is 28.0. The molecule has 0 aromatic heterocycles. The van der Waals surface area contributed by atoms with E-state index in [0.29, 0.717) is 0 Å². The number of carbonyl (C=O) groups excluding carboxylic acids is 1. The summed E-state index contributed by atoms with van der Waals surface area (Å²) in [6, 6.07) is 20.4. The van der Waals surface area contributed by atoms with Crippen LogP contribution in [-0.2, 0) is 9.53 Å². The molecule has 6 heteroatoms. The maximum Gasteiger partial charge on any atom is 1.00 e. The van der Waals surface area contributed by atoms with Gasteiger partial charge in [-0.3, -0.25) is 4.79 Å². The summed E-state index contributed by atoms with van der Waals surface area (Å²) in [5.41, 5.74) is 8.15. The van der Waals surface area contributed by atoms with Crippen LogP contribution < -0.4 is 40.6 Å². The van der Waals surface area contributed by atoms with Crippen LogP contribution in [0.25, 0.3) is 0 Å². The molecule has 0 saturated carbocycles. The van der Waals surface area contributed by atoms with Gasteiger partial charge in [-0.25, -0.2) is 0 Å². The number of carbonyl (C=O) groups is 1. The Kier molecular flexibility index (Phi) is 17.6. The Morgan fingerprint density at radius 1 is 0.963 bits per heavy atom. The fourth-order valence-electron chi connectivity index (χ4n) is 2.41. The van der Waals surface area contributed by atoms with Gasteiger partial charge in [0.15, 0.2) is 0 Å². The van der Waals surface area contributed by atoms with Gasteiger partial charge < -0.3 is 21.3 Å². The van der Waals surface area contributed by atoms with E-state index >= 15 is 0 Å². The number of hydrogen-bond acceptors (Lipinski definition) is 4. The topological polar surface area (TPSA) is 94.3 Å². The molecule has 5 nitrogen and oxygen atoms in total. The normalized spacial score (nSPS) is 11.6. The van der Waals surface area contributed by atoms with Gasteiger partial charge in [0.05, 0.1) is 6.04 Å². The van der Waals surface area contributed by atoms with Crippen molar-refractivity contribution in [1.29, 1.82) is 0 Å². The Labute approximate surface area is 185 Å². The van der Waals surface area contributed by atoms with Crippen LogP contribution >= 0.6 is 0 Å². The zero-order chi connectivity index (χ0) is 18.5. The minimum absolute atomic E-state index is 0. The summed E-state index contributed by atoms with van der Waals surface area (Å²) in [5, 5.41) is 2.92. The first-order valence-electron chi connectivity index (χ1n) is 8.76. The SMILES string of the molecule is CC[C@@H](N)c1ccccc1.CC[C@@H](NC(=O)COC)c1ccccc1.[Na+].[OH-]. The fraction of sp³-hybridized carbons (Fsp3) is 0.381. The summed E-state index contributed by atoms with van der Waals surface area (Å²) in [5.74, 6) is -0.0757. The maximum absolute atomic E-state index is 11.3. The molecule has 0 aliphatic carbocycles. The molecule has 0 radical (unpaired) electrons. The van der Waals surface area contributed by atoms with E-state index in [1.807, 2.05) is 55.5 Å². The van der Waals surface area contributed by atoms with Gasteiger partial charge in [0.2, 0.25) is 5.91 Å². The second kappa shape index (κ2) is 16.9. The Bertz CT molecular complexity index is 597. The monoisotopic (exact) mass is 382 g/mol. The van der Waals surface area contributed by atoms with Gasteiger partial charge in [-0.1, -0.05) is 74.5 Å². The van der Waals surface area contributed by atoms with Gasteiger partial charge in [0.25, 0.3) is 0 Å². The molecule has 0 spiro atoms. The largest absolute Gasteiger partial charge is 1.00 e. The fourth-order valence-corrected chi connectivity index (χ4v) is 2.41. The molecule has 2 aromatic carbocycles. The average molecular weight is 382 g/mol. The van der Waals surface area contributed by atoms with E-state index in [-0.39, 0.29) is 59.6 Å². The molecule has 0 bridgehead atoms. The van der Waals surface area contributed by atoms with E-state index in [4.69, 9.17) is 10.5 Å². The summed E-state index contributed by atoms with van der Waals surface area (Å²) in [4.78, 5) is 11.3. The van der Waals surface area contributed by atoms with Crippen molar-refractivity contribution in [3.8, 4) is 0 Å². The van der Waals surface area contributed by atoms with Crippen molar-refractivity contribution >= 4 is 5.91 Å². The van der Waals surface area contributed by atoms with Crippen LogP contribution in [0.1, 0.15) is 49.9 Å². The third kappa shape index (κ3) is 11.3. The number of methoxy groups -OCH3 is 1. The van der Waals surface area contributed by atoms with Crippen LogP contribution in [0.15, 0.2) is 60.7 Å². The van der Waals surface area contributed by atoms with Gasteiger partial charge in [-0.15, -0.1) is 0 Å². The van der Waals surface area contributed by atoms with Crippen LogP contribution in [0, 0.1) is 0 Å². The van der Waals surface area contributed by atoms with E-state index in [0.717, 1.165) is 18.4 Å². The van der Waals surface area contributed by atoms with Gasteiger partial charge in [0.1, 0.15) is 6.61 Å². The predicted molar refractivity (Wildman–Crippen MR) is 105 cm³/mol. The number of amides is 1. The molecular formula is C21H31N2NaO3. The second-order valence-electron chi connectivity index (χ2n) is 5.80. The number of nitrogens with two attached hydrogens (primary N) is 1. The third-order valence-corrected chi connectivity index (χ3v) is 3.89. The third-order valence-electron chi connectivity index (χ3n) is 3.89. The molecule has 2 atom stereocenters. The standard InChI is InChI=1S/C12H17NO2.C9H13N.Na.H2O/c1-3-11(13-12(14)9-15-2)10-7-5-4-6-8-10;1-2-9(10)8-6-4-3-5-7-8;;/h4-8,11H,3,9H2,1-2H3,(H,13,14);3-7,9H,2,10H2,1H3;;1H2/q;;+1;/p-1/t11-;9-;;/m11../s1. The molecule has 2 rings (SSSR count). The van der Waals surface area contributed by atoms with Gasteiger partial charge in [-0.2, -0.15) is 0 Å². The van der Waals surface area contributed by atoms with E-state index in [2.05, 4.69) is 24.4 Å². The second-order valence-corrected chi connectivity index (χ2v) is 5.80. The minimum Gasteiger partial charge on any atom is -0.870 e. The van der Waals surface area contributed by atoms with E-state index in [9.17, 15) is 4.79 Å². The molecule has 0 aliphatic heterocycles. The zero-order valence-electron chi connectivity index (χ0n) is 16.9. The van der Waals surface area contributed by atoms with Crippen molar-refractivity contribution in [3.63, 3.8) is 0 Å². The van der Waals surface area contributed by atoms with Crippen molar-refractivity contribution in [1.82, 2.24) is 5.32 Å². The number of benzene rings is 2. The van der Waals surface area contributed by atoms with Crippen LogP contribution in [0.3, 0.4) is 0 Å². The van der Waals surface area contributed by atoms with Crippen molar-refractivity contribution < 1.29 is 44.6 Å². The molecule has 0 heterocycles. The zero-order valence-corrected chi connectivity index (χ0v) is 18.9. The quantitative estimate of drug-likeness (QED) is 0.694. The minimum atomic E-state index is -0.0757. The van der Waals surface area contributed by atoms with E-state index in [1.165, 1.54) is 12.7 Å². The summed E-state index contributed by atoms with van der Waals surface area (Å²) in [6.07, 6.45) is 1.88. The number of hydrogen-bond donors (Lipinski definition) is 2. The van der Waals surface area contributed by atoms with Crippen molar-refractivity contribution in [2.45, 2.75) is 38.8 Å². The Morgan fingerprint density at radius 2 is 1.44 bits per heavy atom. The van der Waals surface area contributed by atoms with Crippen molar-refractivity contribution in [3.05, 3.63) is 71.8 Å². The van der Waals surface area contributed by atoms with Gasteiger partial charge in [-0.05, 0) is 24.0 Å².